The number of aromatic amines is 1. The summed E-state index contributed by atoms with van der Waals surface area (Å²) in [4.78, 5) is 17.5. The van der Waals surface area contributed by atoms with Crippen LogP contribution in [0.1, 0.15) is 33.2 Å². The number of fused-ring (bicyclic) bond motifs is 2. The van der Waals surface area contributed by atoms with Crippen molar-refractivity contribution in [2.24, 2.45) is 5.73 Å². The summed E-state index contributed by atoms with van der Waals surface area (Å²) in [5.74, 6) is -0.247. The number of aromatic nitrogens is 3. The number of methoxy groups -OCH3 is 1. The third-order valence-electron chi connectivity index (χ3n) is 6.91. The first-order valence-electron chi connectivity index (χ1n) is 12.1. The lowest BCUT2D eigenvalue weighted by molar-refractivity contribution is 0.0930. The van der Waals surface area contributed by atoms with Gasteiger partial charge in [0.2, 0.25) is 11.8 Å². The molecule has 9 heteroatoms. The second-order valence-corrected chi connectivity index (χ2v) is 9.59. The minimum atomic E-state index is -0.571. The van der Waals surface area contributed by atoms with E-state index in [4.69, 9.17) is 26.8 Å². The molecule has 1 aliphatic heterocycles. The number of aryl methyl sites for hydroxylation is 1. The lowest BCUT2D eigenvalue weighted by atomic mass is 9.84. The smallest absolute Gasteiger partial charge is 0.298 e. The van der Waals surface area contributed by atoms with Gasteiger partial charge in [0.25, 0.3) is 5.91 Å². The summed E-state index contributed by atoms with van der Waals surface area (Å²) in [6.45, 7) is 1.78. The number of carbonyl (C=O) groups excluding carboxylic acids is 1. The highest BCUT2D eigenvalue weighted by Crippen LogP contribution is 2.44. The van der Waals surface area contributed by atoms with E-state index in [0.717, 1.165) is 22.0 Å². The Labute approximate surface area is 228 Å². The maximum Gasteiger partial charge on any atom is 0.298 e. The lowest BCUT2D eigenvalue weighted by Crippen LogP contribution is -2.24. The maximum absolute atomic E-state index is 14.2. The van der Waals surface area contributed by atoms with Crippen molar-refractivity contribution in [2.75, 3.05) is 7.11 Å². The van der Waals surface area contributed by atoms with Gasteiger partial charge in [-0.3, -0.25) is 4.79 Å². The zero-order chi connectivity index (χ0) is 27.3. The van der Waals surface area contributed by atoms with Gasteiger partial charge in [0, 0.05) is 21.5 Å². The normalized spacial score (nSPS) is 14.6. The topological polar surface area (TPSA) is 119 Å². The summed E-state index contributed by atoms with van der Waals surface area (Å²) < 4.78 is 12.6. The predicted octanol–water partition coefficient (Wildman–Crippen LogP) is 5.91. The molecule has 3 N–H and O–H groups in total. The molecule has 1 unspecified atom stereocenters. The van der Waals surface area contributed by atoms with Crippen molar-refractivity contribution >= 4 is 28.4 Å². The molecule has 0 saturated carbocycles. The van der Waals surface area contributed by atoms with Gasteiger partial charge in [0.05, 0.1) is 24.3 Å². The van der Waals surface area contributed by atoms with Gasteiger partial charge in [-0.15, -0.1) is 0 Å². The molecule has 3 heterocycles. The number of carbonyl (C=O) groups is 1. The Morgan fingerprint density at radius 3 is 2.59 bits per heavy atom. The van der Waals surface area contributed by atoms with E-state index >= 15 is 0 Å². The number of nitrogens with zero attached hydrogens (tertiary/aromatic N) is 3. The molecule has 1 atom stereocenters. The largest absolute Gasteiger partial charge is 0.497 e. The van der Waals surface area contributed by atoms with Crippen LogP contribution < -0.4 is 15.2 Å². The fraction of sp³-hybridized carbons (Fsp3) is 0.100. The van der Waals surface area contributed by atoms with Crippen molar-refractivity contribution in [3.63, 3.8) is 0 Å². The molecule has 192 valence electrons. The number of allylic oxidation sites excluding steroid dienone is 1. The summed E-state index contributed by atoms with van der Waals surface area (Å²) in [6.07, 6.45) is 0. The van der Waals surface area contributed by atoms with E-state index in [1.165, 1.54) is 4.68 Å². The first-order valence-corrected chi connectivity index (χ1v) is 12.5. The van der Waals surface area contributed by atoms with Crippen LogP contribution in [-0.4, -0.2) is 27.8 Å². The van der Waals surface area contributed by atoms with Gasteiger partial charge in [-0.2, -0.15) is 15.0 Å². The van der Waals surface area contributed by atoms with Crippen LogP contribution in [0.3, 0.4) is 0 Å². The summed E-state index contributed by atoms with van der Waals surface area (Å²) in [7, 11) is 1.60. The second-order valence-electron chi connectivity index (χ2n) is 9.15. The van der Waals surface area contributed by atoms with Crippen molar-refractivity contribution in [1.29, 1.82) is 5.26 Å². The molecular weight excluding hydrogens is 514 g/mol. The molecule has 2 aromatic heterocycles. The summed E-state index contributed by atoms with van der Waals surface area (Å²) in [5, 5.41) is 15.9. The Morgan fingerprint density at radius 2 is 1.90 bits per heavy atom. The number of ether oxygens (including phenoxy) is 2. The highest BCUT2D eigenvalue weighted by atomic mass is 35.5. The van der Waals surface area contributed by atoms with E-state index in [0.29, 0.717) is 33.3 Å². The van der Waals surface area contributed by atoms with E-state index < -0.39 is 11.8 Å². The molecule has 6 rings (SSSR count). The second kappa shape index (κ2) is 9.39. The molecular formula is C30H22ClN5O3. The van der Waals surface area contributed by atoms with Gasteiger partial charge in [-0.05, 0) is 48.4 Å². The monoisotopic (exact) mass is 535 g/mol. The minimum absolute atomic E-state index is 0.0800. The zero-order valence-corrected chi connectivity index (χ0v) is 21.8. The van der Waals surface area contributed by atoms with Gasteiger partial charge in [0.15, 0.2) is 0 Å². The Bertz CT molecular complexity index is 1830. The predicted molar refractivity (Wildman–Crippen MR) is 148 cm³/mol. The van der Waals surface area contributed by atoms with E-state index in [1.54, 1.807) is 26.2 Å². The molecule has 39 heavy (non-hydrogen) atoms. The molecule has 0 fully saturated rings. The molecule has 0 radical (unpaired) electrons. The van der Waals surface area contributed by atoms with E-state index in [-0.39, 0.29) is 17.3 Å². The zero-order valence-electron chi connectivity index (χ0n) is 21.0. The van der Waals surface area contributed by atoms with Crippen molar-refractivity contribution in [2.45, 2.75) is 12.8 Å². The van der Waals surface area contributed by atoms with Crippen molar-refractivity contribution in [3.8, 4) is 28.8 Å². The standard InChI is InChI=1S/C30H22ClN5O3/c1-16-24-25(18-8-10-19(31)11-9-18)22(15-32)28(33)39-30(24)36(35-16)29(37)27-26(17-6-4-3-5-7-17)21-14-20(38-2)12-13-23(21)34-27/h3-14,25,34H,33H2,1-2H3. The average molecular weight is 536 g/mol. The number of hydrogen-bond acceptors (Lipinski definition) is 6. The molecule has 3 aromatic carbocycles. The Morgan fingerprint density at radius 1 is 1.15 bits per heavy atom. The number of benzene rings is 3. The van der Waals surface area contributed by atoms with Gasteiger partial charge in [-0.1, -0.05) is 54.1 Å². The molecule has 1 aliphatic rings. The van der Waals surface area contributed by atoms with Crippen LogP contribution in [0.4, 0.5) is 0 Å². The lowest BCUT2D eigenvalue weighted by Gasteiger charge is -2.24. The van der Waals surface area contributed by atoms with Gasteiger partial charge >= 0.3 is 0 Å². The van der Waals surface area contributed by atoms with Crippen LogP contribution in [-0.2, 0) is 0 Å². The van der Waals surface area contributed by atoms with Gasteiger partial charge in [-0.25, -0.2) is 0 Å². The summed E-state index contributed by atoms with van der Waals surface area (Å²) in [5.41, 5.74) is 11.0. The van der Waals surface area contributed by atoms with E-state index in [1.807, 2.05) is 60.7 Å². The highest BCUT2D eigenvalue weighted by molar-refractivity contribution is 6.30. The Balaban J connectivity index is 1.56. The summed E-state index contributed by atoms with van der Waals surface area (Å²) >= 11 is 6.11. The third kappa shape index (κ3) is 3.92. The quantitative estimate of drug-likeness (QED) is 0.295. The maximum atomic E-state index is 14.2. The van der Waals surface area contributed by atoms with Crippen LogP contribution in [0.5, 0.6) is 11.6 Å². The molecule has 0 amide bonds. The molecule has 0 bridgehead atoms. The molecule has 0 saturated heterocycles. The number of hydrogen-bond donors (Lipinski definition) is 2. The fourth-order valence-corrected chi connectivity index (χ4v) is 5.24. The van der Waals surface area contributed by atoms with Gasteiger partial charge < -0.3 is 20.2 Å². The minimum Gasteiger partial charge on any atom is -0.497 e. The molecule has 5 aromatic rings. The SMILES string of the molecule is COc1ccc2[nH]c(C(=O)n3nc(C)c4c3OC(N)=C(C#N)C4c3ccc(Cl)cc3)c(-c3ccccc3)c2c1. The highest BCUT2D eigenvalue weighted by Gasteiger charge is 2.38. The number of nitriles is 1. The van der Waals surface area contributed by atoms with Crippen molar-refractivity contribution < 1.29 is 14.3 Å². The van der Waals surface area contributed by atoms with Crippen LogP contribution in [0, 0.1) is 18.3 Å². The first-order chi connectivity index (χ1) is 18.9. The van der Waals surface area contributed by atoms with Crippen LogP contribution in [0.25, 0.3) is 22.0 Å². The average Bonchev–Trinajstić information content (AvgIpc) is 3.50. The fourth-order valence-electron chi connectivity index (χ4n) is 5.11. The Kier molecular flexibility index (Phi) is 5.86. The summed E-state index contributed by atoms with van der Waals surface area (Å²) in [6, 6.07) is 24.5. The Hall–Kier alpha value is -5.00. The molecule has 8 nitrogen and oxygen atoms in total. The van der Waals surface area contributed by atoms with Crippen LogP contribution in [0.15, 0.2) is 84.3 Å². The number of halogens is 1. The van der Waals surface area contributed by atoms with E-state index in [9.17, 15) is 10.1 Å². The molecule has 0 spiro atoms. The van der Waals surface area contributed by atoms with Crippen molar-refractivity contribution in [3.05, 3.63) is 112 Å². The van der Waals surface area contributed by atoms with Gasteiger partial charge in [0.1, 0.15) is 23.1 Å². The number of nitrogens with one attached hydrogen (secondary N) is 1. The number of H-pyrrole nitrogens is 1. The van der Waals surface area contributed by atoms with Crippen LogP contribution in [0.2, 0.25) is 5.02 Å². The number of rotatable bonds is 4. The number of nitrogens with two attached hydrogens (primary N) is 1. The molecule has 0 aliphatic carbocycles. The van der Waals surface area contributed by atoms with Crippen LogP contribution >= 0.6 is 11.6 Å². The van der Waals surface area contributed by atoms with Crippen molar-refractivity contribution in [1.82, 2.24) is 14.8 Å². The first kappa shape index (κ1) is 24.3. The van der Waals surface area contributed by atoms with E-state index in [2.05, 4.69) is 16.2 Å². The third-order valence-corrected chi connectivity index (χ3v) is 7.16.